The van der Waals surface area contributed by atoms with Gasteiger partial charge in [-0.1, -0.05) is 13.8 Å². The maximum absolute atomic E-state index is 6.06. The Labute approximate surface area is 107 Å². The van der Waals surface area contributed by atoms with Gasteiger partial charge in [0.2, 0.25) is 5.95 Å². The summed E-state index contributed by atoms with van der Waals surface area (Å²) in [6, 6.07) is 4.34. The summed E-state index contributed by atoms with van der Waals surface area (Å²) in [5, 5.41) is 0. The van der Waals surface area contributed by atoms with E-state index in [-0.39, 0.29) is 0 Å². The highest BCUT2D eigenvalue weighted by Crippen LogP contribution is 2.41. The van der Waals surface area contributed by atoms with Crippen molar-refractivity contribution in [1.29, 1.82) is 0 Å². The third-order valence-corrected chi connectivity index (χ3v) is 4.15. The van der Waals surface area contributed by atoms with Gasteiger partial charge < -0.3 is 5.73 Å². The highest BCUT2D eigenvalue weighted by atomic mass is 15.2. The highest BCUT2D eigenvalue weighted by Gasteiger charge is 2.29. The quantitative estimate of drug-likeness (QED) is 0.838. The van der Waals surface area contributed by atoms with E-state index in [2.05, 4.69) is 28.4 Å². The topological polar surface area (TPSA) is 56.7 Å². The van der Waals surface area contributed by atoms with Crippen LogP contribution in [0.3, 0.4) is 0 Å². The Bertz CT molecular complexity index is 560. The molecule has 1 fully saturated rings. The second kappa shape index (κ2) is 3.97. The van der Waals surface area contributed by atoms with Crippen LogP contribution in [0.5, 0.6) is 0 Å². The summed E-state index contributed by atoms with van der Waals surface area (Å²) in [7, 11) is 0. The summed E-state index contributed by atoms with van der Waals surface area (Å²) in [6.07, 6.45) is 6.62. The summed E-state index contributed by atoms with van der Waals surface area (Å²) in [6.45, 7) is 4.69. The van der Waals surface area contributed by atoms with Gasteiger partial charge in [-0.25, -0.2) is 9.97 Å². The summed E-state index contributed by atoms with van der Waals surface area (Å²) in [5.74, 6) is 0.605. The molecule has 1 aliphatic carbocycles. The van der Waals surface area contributed by atoms with Crippen molar-refractivity contribution in [1.82, 2.24) is 14.5 Å². The number of fused-ring (bicyclic) bond motifs is 1. The molecule has 2 N–H and O–H groups in total. The first-order chi connectivity index (χ1) is 8.57. The number of nitrogens with two attached hydrogens (primary N) is 1. The minimum Gasteiger partial charge on any atom is -0.369 e. The van der Waals surface area contributed by atoms with E-state index in [4.69, 9.17) is 5.73 Å². The van der Waals surface area contributed by atoms with Crippen molar-refractivity contribution in [2.45, 2.75) is 45.6 Å². The fourth-order valence-corrected chi connectivity index (χ4v) is 2.95. The number of imidazole rings is 1. The minimum atomic E-state index is 0.456. The van der Waals surface area contributed by atoms with Gasteiger partial charge in [-0.3, -0.25) is 4.57 Å². The Hall–Kier alpha value is -1.58. The molecule has 4 nitrogen and oxygen atoms in total. The number of nitrogens with zero attached hydrogens (tertiary/aromatic N) is 3. The van der Waals surface area contributed by atoms with Crippen molar-refractivity contribution in [2.24, 2.45) is 5.41 Å². The fraction of sp³-hybridized carbons (Fsp3) is 0.571. The van der Waals surface area contributed by atoms with E-state index >= 15 is 0 Å². The van der Waals surface area contributed by atoms with Crippen molar-refractivity contribution in [2.75, 3.05) is 5.73 Å². The largest absolute Gasteiger partial charge is 0.369 e. The third-order valence-electron chi connectivity index (χ3n) is 4.15. The highest BCUT2D eigenvalue weighted by molar-refractivity contribution is 5.73. The monoisotopic (exact) mass is 244 g/mol. The zero-order valence-electron chi connectivity index (χ0n) is 11.1. The van der Waals surface area contributed by atoms with Crippen LogP contribution in [-0.4, -0.2) is 14.5 Å². The molecule has 0 unspecified atom stereocenters. The zero-order valence-corrected chi connectivity index (χ0v) is 11.1. The maximum atomic E-state index is 6.06. The van der Waals surface area contributed by atoms with Crippen LogP contribution in [0.1, 0.15) is 45.6 Å². The van der Waals surface area contributed by atoms with Crippen molar-refractivity contribution in [3.63, 3.8) is 0 Å². The molecule has 4 heteroatoms. The first-order valence-electron chi connectivity index (χ1n) is 6.65. The molecule has 0 spiro atoms. The number of hydrogen-bond acceptors (Lipinski definition) is 3. The van der Waals surface area contributed by atoms with E-state index in [0.717, 1.165) is 11.2 Å². The predicted molar refractivity (Wildman–Crippen MR) is 73.2 cm³/mol. The summed E-state index contributed by atoms with van der Waals surface area (Å²) < 4.78 is 2.13. The van der Waals surface area contributed by atoms with Crippen molar-refractivity contribution < 1.29 is 0 Å². The number of pyridine rings is 1. The van der Waals surface area contributed by atoms with Gasteiger partial charge in [0.25, 0.3) is 0 Å². The maximum Gasteiger partial charge on any atom is 0.202 e. The second-order valence-corrected chi connectivity index (χ2v) is 6.08. The third kappa shape index (κ3) is 1.85. The molecule has 3 rings (SSSR count). The van der Waals surface area contributed by atoms with Gasteiger partial charge in [-0.15, -0.1) is 0 Å². The van der Waals surface area contributed by atoms with Crippen LogP contribution in [0.25, 0.3) is 11.2 Å². The molecule has 1 aliphatic rings. The minimum absolute atomic E-state index is 0.456. The lowest BCUT2D eigenvalue weighted by Gasteiger charge is -2.35. The van der Waals surface area contributed by atoms with Gasteiger partial charge in [-0.05, 0) is 43.2 Å². The summed E-state index contributed by atoms with van der Waals surface area (Å²) >= 11 is 0. The van der Waals surface area contributed by atoms with E-state index in [1.54, 1.807) is 0 Å². The van der Waals surface area contributed by atoms with Crippen LogP contribution < -0.4 is 5.73 Å². The van der Waals surface area contributed by atoms with Crippen LogP contribution in [0.15, 0.2) is 18.3 Å². The fourth-order valence-electron chi connectivity index (χ4n) is 2.95. The van der Waals surface area contributed by atoms with Gasteiger partial charge in [-0.2, -0.15) is 0 Å². The molecule has 0 amide bonds. The Morgan fingerprint density at radius 3 is 2.78 bits per heavy atom. The van der Waals surface area contributed by atoms with E-state index in [1.165, 1.54) is 25.7 Å². The molecule has 1 saturated carbocycles. The molecule has 2 aromatic heterocycles. The number of hydrogen-bond donors (Lipinski definition) is 1. The molecule has 0 bridgehead atoms. The summed E-state index contributed by atoms with van der Waals surface area (Å²) in [4.78, 5) is 8.84. The molecule has 0 atom stereocenters. The number of anilines is 1. The molecule has 0 aromatic carbocycles. The van der Waals surface area contributed by atoms with Crippen LogP contribution in [0, 0.1) is 5.41 Å². The second-order valence-electron chi connectivity index (χ2n) is 6.08. The lowest BCUT2D eigenvalue weighted by Crippen LogP contribution is -2.24. The van der Waals surface area contributed by atoms with Crippen LogP contribution in [-0.2, 0) is 0 Å². The average Bonchev–Trinajstić information content (AvgIpc) is 2.66. The van der Waals surface area contributed by atoms with Gasteiger partial charge in [0.1, 0.15) is 5.52 Å². The lowest BCUT2D eigenvalue weighted by atomic mass is 9.75. The van der Waals surface area contributed by atoms with E-state index in [1.807, 2.05) is 18.3 Å². The molecule has 0 radical (unpaired) electrons. The summed E-state index contributed by atoms with van der Waals surface area (Å²) in [5.41, 5.74) is 8.36. The normalized spacial score (nSPS) is 20.3. The van der Waals surface area contributed by atoms with Crippen molar-refractivity contribution >= 4 is 17.1 Å². The molecular formula is C14H20N4. The molecule has 0 aliphatic heterocycles. The smallest absolute Gasteiger partial charge is 0.202 e. The molecule has 18 heavy (non-hydrogen) atoms. The van der Waals surface area contributed by atoms with Gasteiger partial charge in [0, 0.05) is 12.2 Å². The van der Waals surface area contributed by atoms with E-state index in [0.29, 0.717) is 17.4 Å². The first kappa shape index (κ1) is 11.5. The molecule has 2 aromatic rings. The molecular weight excluding hydrogens is 224 g/mol. The Balaban J connectivity index is 1.97. The number of nitrogen functional groups attached to an aromatic ring is 1. The van der Waals surface area contributed by atoms with Crippen molar-refractivity contribution in [3.05, 3.63) is 18.3 Å². The molecule has 2 heterocycles. The van der Waals surface area contributed by atoms with Gasteiger partial charge >= 0.3 is 0 Å². The van der Waals surface area contributed by atoms with E-state index < -0.39 is 0 Å². The number of aromatic nitrogens is 3. The van der Waals surface area contributed by atoms with Gasteiger partial charge in [0.05, 0.1) is 0 Å². The Morgan fingerprint density at radius 1 is 1.33 bits per heavy atom. The zero-order chi connectivity index (χ0) is 12.8. The Morgan fingerprint density at radius 2 is 2.06 bits per heavy atom. The van der Waals surface area contributed by atoms with Crippen molar-refractivity contribution in [3.8, 4) is 0 Å². The van der Waals surface area contributed by atoms with Gasteiger partial charge in [0.15, 0.2) is 5.65 Å². The standard InChI is InChI=1S/C14H20N4/c1-14(2)7-5-10(6-8-14)18-12-11(17-13(18)15)4-3-9-16-12/h3-4,9-10H,5-8H2,1-2H3,(H2,15,17). The van der Waals surface area contributed by atoms with Crippen LogP contribution >= 0.6 is 0 Å². The molecule has 96 valence electrons. The van der Waals surface area contributed by atoms with Crippen LogP contribution in [0.2, 0.25) is 0 Å². The Kier molecular flexibility index (Phi) is 2.54. The average molecular weight is 244 g/mol. The first-order valence-corrected chi connectivity index (χ1v) is 6.65. The van der Waals surface area contributed by atoms with Crippen LogP contribution in [0.4, 0.5) is 5.95 Å². The van der Waals surface area contributed by atoms with E-state index in [9.17, 15) is 0 Å². The number of rotatable bonds is 1. The molecule has 0 saturated heterocycles. The lowest BCUT2D eigenvalue weighted by molar-refractivity contribution is 0.196. The predicted octanol–water partition coefficient (Wildman–Crippen LogP) is 3.15. The SMILES string of the molecule is CC1(C)CCC(n2c(N)nc3cccnc32)CC1.